The minimum atomic E-state index is -0.321. The van der Waals surface area contributed by atoms with Gasteiger partial charge in [0.1, 0.15) is 5.76 Å². The number of imide groups is 1. The molecule has 2 saturated heterocycles. The van der Waals surface area contributed by atoms with E-state index in [-0.39, 0.29) is 36.0 Å². The van der Waals surface area contributed by atoms with Crippen molar-refractivity contribution in [2.75, 3.05) is 6.54 Å². The molecule has 2 aliphatic heterocycles. The van der Waals surface area contributed by atoms with Crippen molar-refractivity contribution < 1.29 is 14.0 Å². The number of amides is 3. The molecule has 6 heteroatoms. The van der Waals surface area contributed by atoms with Crippen molar-refractivity contribution >= 4 is 11.9 Å². The van der Waals surface area contributed by atoms with E-state index in [1.165, 1.54) is 0 Å². The standard InChI is InChI=1S/C14H19N3O3/c1-8(2)17-12-11(13(18)16-14(17)19)9(5-6-15-12)10-4-3-7-20-10/h3-4,7-9,11-12,15H,5-6H2,1-2H3,(H,16,18,19). The van der Waals surface area contributed by atoms with Gasteiger partial charge in [-0.05, 0) is 38.9 Å². The molecule has 0 aromatic carbocycles. The van der Waals surface area contributed by atoms with Crippen LogP contribution in [-0.2, 0) is 4.79 Å². The lowest BCUT2D eigenvalue weighted by Gasteiger charge is -2.47. The van der Waals surface area contributed by atoms with E-state index < -0.39 is 0 Å². The Kier molecular flexibility index (Phi) is 3.25. The van der Waals surface area contributed by atoms with Crippen LogP contribution in [0.4, 0.5) is 4.79 Å². The smallest absolute Gasteiger partial charge is 0.325 e. The highest BCUT2D eigenvalue weighted by atomic mass is 16.3. The van der Waals surface area contributed by atoms with Gasteiger partial charge in [0.25, 0.3) is 0 Å². The average molecular weight is 277 g/mol. The van der Waals surface area contributed by atoms with Crippen LogP contribution in [-0.4, -0.2) is 35.6 Å². The number of nitrogens with zero attached hydrogens (tertiary/aromatic N) is 1. The number of carbonyl (C=O) groups is 2. The number of hydrogen-bond acceptors (Lipinski definition) is 4. The highest BCUT2D eigenvalue weighted by Crippen LogP contribution is 2.37. The first-order valence-corrected chi connectivity index (χ1v) is 6.99. The summed E-state index contributed by atoms with van der Waals surface area (Å²) in [5.41, 5.74) is 0. The molecule has 3 atom stereocenters. The molecule has 0 aliphatic carbocycles. The van der Waals surface area contributed by atoms with Gasteiger partial charge in [0.15, 0.2) is 0 Å². The lowest BCUT2D eigenvalue weighted by molar-refractivity contribution is -0.132. The Morgan fingerprint density at radius 3 is 2.85 bits per heavy atom. The van der Waals surface area contributed by atoms with Crippen LogP contribution >= 0.6 is 0 Å². The Hall–Kier alpha value is -1.82. The molecule has 3 amide bonds. The number of rotatable bonds is 2. The monoisotopic (exact) mass is 277 g/mol. The molecule has 2 aliphatic rings. The van der Waals surface area contributed by atoms with Gasteiger partial charge in [-0.3, -0.25) is 15.4 Å². The zero-order valence-electron chi connectivity index (χ0n) is 11.6. The largest absolute Gasteiger partial charge is 0.469 e. The summed E-state index contributed by atoms with van der Waals surface area (Å²) >= 11 is 0. The summed E-state index contributed by atoms with van der Waals surface area (Å²) in [4.78, 5) is 26.0. The van der Waals surface area contributed by atoms with Gasteiger partial charge in [-0.15, -0.1) is 0 Å². The molecule has 0 spiro atoms. The van der Waals surface area contributed by atoms with E-state index >= 15 is 0 Å². The number of furan rings is 1. The molecular weight excluding hydrogens is 258 g/mol. The molecule has 20 heavy (non-hydrogen) atoms. The van der Waals surface area contributed by atoms with Crippen LogP contribution < -0.4 is 10.6 Å². The highest BCUT2D eigenvalue weighted by molar-refractivity contribution is 5.99. The number of urea groups is 1. The van der Waals surface area contributed by atoms with E-state index in [1.807, 2.05) is 26.0 Å². The SMILES string of the molecule is CC(C)N1C(=O)NC(=O)C2C(c3ccco3)CCNC21. The topological polar surface area (TPSA) is 74.6 Å². The molecule has 2 fully saturated rings. The summed E-state index contributed by atoms with van der Waals surface area (Å²) in [6.07, 6.45) is 2.18. The van der Waals surface area contributed by atoms with Gasteiger partial charge in [-0.25, -0.2) is 4.79 Å². The summed E-state index contributed by atoms with van der Waals surface area (Å²) in [5, 5.41) is 5.78. The number of fused-ring (bicyclic) bond motifs is 1. The maximum absolute atomic E-state index is 12.3. The Bertz CT molecular complexity index is 512. The predicted octanol–water partition coefficient (Wildman–Crippen LogP) is 1.26. The van der Waals surface area contributed by atoms with Crippen LogP contribution in [0.3, 0.4) is 0 Å². The van der Waals surface area contributed by atoms with E-state index in [1.54, 1.807) is 11.2 Å². The number of nitrogens with one attached hydrogen (secondary N) is 2. The minimum Gasteiger partial charge on any atom is -0.469 e. The molecule has 3 rings (SSSR count). The molecule has 3 heterocycles. The van der Waals surface area contributed by atoms with Crippen LogP contribution in [0, 0.1) is 5.92 Å². The Labute approximate surface area is 117 Å². The second-order valence-corrected chi connectivity index (χ2v) is 5.63. The molecular formula is C14H19N3O3. The first-order valence-electron chi connectivity index (χ1n) is 6.99. The van der Waals surface area contributed by atoms with Gasteiger partial charge < -0.3 is 9.32 Å². The van der Waals surface area contributed by atoms with Crippen molar-refractivity contribution in [1.82, 2.24) is 15.5 Å². The van der Waals surface area contributed by atoms with Gasteiger partial charge >= 0.3 is 6.03 Å². The van der Waals surface area contributed by atoms with E-state index in [4.69, 9.17) is 4.42 Å². The molecule has 2 N–H and O–H groups in total. The highest BCUT2D eigenvalue weighted by Gasteiger charge is 2.49. The van der Waals surface area contributed by atoms with E-state index in [2.05, 4.69) is 10.6 Å². The van der Waals surface area contributed by atoms with Gasteiger partial charge in [0.05, 0.1) is 18.3 Å². The van der Waals surface area contributed by atoms with E-state index in [0.717, 1.165) is 18.7 Å². The van der Waals surface area contributed by atoms with Gasteiger partial charge in [0.2, 0.25) is 5.91 Å². The lowest BCUT2D eigenvalue weighted by atomic mass is 9.80. The molecule has 0 saturated carbocycles. The van der Waals surface area contributed by atoms with Gasteiger partial charge in [-0.1, -0.05) is 0 Å². The summed E-state index contributed by atoms with van der Waals surface area (Å²) in [5.74, 6) is 0.292. The number of piperidine rings is 1. The zero-order valence-corrected chi connectivity index (χ0v) is 11.6. The normalized spacial score (nSPS) is 30.4. The second kappa shape index (κ2) is 4.94. The van der Waals surface area contributed by atoms with Crippen molar-refractivity contribution in [3.63, 3.8) is 0 Å². The lowest BCUT2D eigenvalue weighted by Crippen LogP contribution is -2.69. The summed E-state index contributed by atoms with van der Waals surface area (Å²) in [6, 6.07) is 3.44. The van der Waals surface area contributed by atoms with Crippen LogP contribution in [0.1, 0.15) is 31.9 Å². The van der Waals surface area contributed by atoms with E-state index in [9.17, 15) is 9.59 Å². The summed E-state index contributed by atoms with van der Waals surface area (Å²) in [6.45, 7) is 4.66. The zero-order chi connectivity index (χ0) is 14.3. The average Bonchev–Trinajstić information content (AvgIpc) is 2.91. The summed E-state index contributed by atoms with van der Waals surface area (Å²) in [7, 11) is 0. The minimum absolute atomic E-state index is 0.00519. The fraction of sp³-hybridized carbons (Fsp3) is 0.571. The molecule has 1 aromatic rings. The Balaban J connectivity index is 1.95. The first kappa shape index (κ1) is 13.2. The van der Waals surface area contributed by atoms with Crippen LogP contribution in [0.15, 0.2) is 22.8 Å². The van der Waals surface area contributed by atoms with Gasteiger partial charge in [-0.2, -0.15) is 0 Å². The third kappa shape index (κ3) is 2.00. The van der Waals surface area contributed by atoms with Crippen molar-refractivity contribution in [2.45, 2.75) is 38.4 Å². The third-order valence-electron chi connectivity index (χ3n) is 4.11. The Morgan fingerprint density at radius 1 is 1.40 bits per heavy atom. The molecule has 3 unspecified atom stereocenters. The first-order chi connectivity index (χ1) is 9.59. The molecule has 108 valence electrons. The van der Waals surface area contributed by atoms with Crippen LogP contribution in [0.5, 0.6) is 0 Å². The van der Waals surface area contributed by atoms with Crippen molar-refractivity contribution in [1.29, 1.82) is 0 Å². The molecule has 0 bridgehead atoms. The van der Waals surface area contributed by atoms with Crippen molar-refractivity contribution in [3.05, 3.63) is 24.2 Å². The Morgan fingerprint density at radius 2 is 2.20 bits per heavy atom. The molecule has 6 nitrogen and oxygen atoms in total. The van der Waals surface area contributed by atoms with Gasteiger partial charge in [0, 0.05) is 12.0 Å². The summed E-state index contributed by atoms with van der Waals surface area (Å²) < 4.78 is 5.48. The van der Waals surface area contributed by atoms with E-state index in [0.29, 0.717) is 0 Å². The maximum atomic E-state index is 12.3. The second-order valence-electron chi connectivity index (χ2n) is 5.63. The van der Waals surface area contributed by atoms with Crippen LogP contribution in [0.25, 0.3) is 0 Å². The van der Waals surface area contributed by atoms with Crippen LogP contribution in [0.2, 0.25) is 0 Å². The van der Waals surface area contributed by atoms with Crippen molar-refractivity contribution in [2.24, 2.45) is 5.92 Å². The predicted molar refractivity (Wildman–Crippen MR) is 71.9 cm³/mol. The van der Waals surface area contributed by atoms with Crippen molar-refractivity contribution in [3.8, 4) is 0 Å². The maximum Gasteiger partial charge on any atom is 0.325 e. The number of carbonyl (C=O) groups excluding carboxylic acids is 2. The molecule has 0 radical (unpaired) electrons. The third-order valence-corrected chi connectivity index (χ3v) is 4.11. The molecule has 1 aromatic heterocycles. The number of hydrogen-bond donors (Lipinski definition) is 2. The fourth-order valence-corrected chi connectivity index (χ4v) is 3.27. The quantitative estimate of drug-likeness (QED) is 0.853. The fourth-order valence-electron chi connectivity index (χ4n) is 3.27.